The van der Waals surface area contributed by atoms with Crippen LogP contribution in [0.25, 0.3) is 0 Å². The van der Waals surface area contributed by atoms with Crippen LogP contribution in [0.2, 0.25) is 0 Å². The van der Waals surface area contributed by atoms with Gasteiger partial charge in [0, 0.05) is 17.3 Å². The fourth-order valence-corrected chi connectivity index (χ4v) is 9.35. The Bertz CT molecular complexity index is 928. The average molecular weight is 549 g/mol. The molecule has 0 radical (unpaired) electrons. The van der Waals surface area contributed by atoms with Crippen molar-refractivity contribution in [2.75, 3.05) is 19.8 Å². The zero-order valence-corrected chi connectivity index (χ0v) is 25.0. The van der Waals surface area contributed by atoms with E-state index in [9.17, 15) is 19.5 Å². The van der Waals surface area contributed by atoms with Crippen molar-refractivity contribution < 1.29 is 24.2 Å². The molecule has 3 fully saturated rings. The lowest BCUT2D eigenvalue weighted by Gasteiger charge is -2.46. The molecule has 2 bridgehead atoms. The molecule has 6 atom stereocenters. The second-order valence-corrected chi connectivity index (χ2v) is 14.7. The Balaban J connectivity index is 1.97. The molecular formula is C30H48N2O5S. The van der Waals surface area contributed by atoms with E-state index in [4.69, 9.17) is 4.74 Å². The molecule has 8 heteroatoms. The van der Waals surface area contributed by atoms with Crippen molar-refractivity contribution >= 4 is 29.5 Å². The summed E-state index contributed by atoms with van der Waals surface area (Å²) in [5.41, 5.74) is -0.505. The van der Waals surface area contributed by atoms with Crippen molar-refractivity contribution in [1.82, 2.24) is 9.80 Å². The number of allylic oxidation sites excluding steroid dienone is 1. The number of esters is 1. The van der Waals surface area contributed by atoms with E-state index in [1.54, 1.807) is 29.7 Å². The van der Waals surface area contributed by atoms with Gasteiger partial charge in [-0.25, -0.2) is 0 Å². The van der Waals surface area contributed by atoms with Gasteiger partial charge in [0.15, 0.2) is 0 Å². The maximum absolute atomic E-state index is 14.6. The van der Waals surface area contributed by atoms with E-state index in [-0.39, 0.29) is 35.1 Å². The number of amides is 2. The van der Waals surface area contributed by atoms with Crippen LogP contribution in [-0.2, 0) is 19.1 Å². The predicted octanol–water partition coefficient (Wildman–Crippen LogP) is 4.59. The molecule has 0 aromatic heterocycles. The summed E-state index contributed by atoms with van der Waals surface area (Å²) >= 11 is 1.63. The topological polar surface area (TPSA) is 87.1 Å². The average Bonchev–Trinajstić information content (AvgIpc) is 3.47. The molecule has 1 N–H and O–H groups in total. The molecule has 38 heavy (non-hydrogen) atoms. The normalized spacial score (nSPS) is 29.2. The number of carbonyl (C=O) groups is 3. The molecule has 0 aromatic rings. The third kappa shape index (κ3) is 5.72. The SMILES string of the molecule is C=CCCCCOC(=O)[C@@H]1[C@H]2C(=O)N([C@H](C)CO)C(C(=O)N(CC=C)C(C)(C)CC(C)(C)C)C23CC[C@H]1S3. The van der Waals surface area contributed by atoms with Gasteiger partial charge < -0.3 is 19.6 Å². The quantitative estimate of drug-likeness (QED) is 0.206. The van der Waals surface area contributed by atoms with Crippen LogP contribution in [0.4, 0.5) is 0 Å². The number of likely N-dealkylation sites (tertiary alicyclic amines) is 1. The first kappa shape index (κ1) is 30.7. The number of nitrogens with zero attached hydrogens (tertiary/aromatic N) is 2. The van der Waals surface area contributed by atoms with E-state index in [0.29, 0.717) is 19.6 Å². The molecule has 3 aliphatic heterocycles. The number of aliphatic hydroxyl groups is 1. The van der Waals surface area contributed by atoms with Crippen molar-refractivity contribution in [2.45, 2.75) is 108 Å². The van der Waals surface area contributed by atoms with Crippen LogP contribution in [0, 0.1) is 17.3 Å². The zero-order chi connectivity index (χ0) is 28.5. The lowest BCUT2D eigenvalue weighted by Crippen LogP contribution is -2.61. The van der Waals surface area contributed by atoms with Gasteiger partial charge in [0.1, 0.15) is 6.04 Å². The first-order valence-electron chi connectivity index (χ1n) is 14.1. The number of rotatable bonds is 13. The van der Waals surface area contributed by atoms with Crippen molar-refractivity contribution in [3.05, 3.63) is 25.3 Å². The zero-order valence-electron chi connectivity index (χ0n) is 24.2. The van der Waals surface area contributed by atoms with E-state index in [2.05, 4.69) is 47.8 Å². The Morgan fingerprint density at radius 3 is 2.50 bits per heavy atom. The monoisotopic (exact) mass is 548 g/mol. The summed E-state index contributed by atoms with van der Waals surface area (Å²) in [5.74, 6) is -1.85. The minimum Gasteiger partial charge on any atom is -0.465 e. The van der Waals surface area contributed by atoms with E-state index in [1.165, 1.54) is 0 Å². The molecule has 1 spiro atoms. The molecule has 7 nitrogen and oxygen atoms in total. The molecule has 0 aliphatic carbocycles. The molecule has 3 heterocycles. The summed E-state index contributed by atoms with van der Waals surface area (Å²) < 4.78 is 4.97. The molecule has 3 saturated heterocycles. The summed E-state index contributed by atoms with van der Waals surface area (Å²) in [6, 6.07) is -1.29. The van der Waals surface area contributed by atoms with Crippen LogP contribution in [0.3, 0.4) is 0 Å². The number of aliphatic hydroxyl groups excluding tert-OH is 1. The van der Waals surface area contributed by atoms with Gasteiger partial charge in [0.2, 0.25) is 11.8 Å². The summed E-state index contributed by atoms with van der Waals surface area (Å²) in [7, 11) is 0. The summed E-state index contributed by atoms with van der Waals surface area (Å²) in [4.78, 5) is 45.4. The highest BCUT2D eigenvalue weighted by atomic mass is 32.2. The summed E-state index contributed by atoms with van der Waals surface area (Å²) in [6.45, 7) is 20.4. The van der Waals surface area contributed by atoms with E-state index in [1.807, 2.05) is 11.0 Å². The van der Waals surface area contributed by atoms with Crippen LogP contribution in [0.15, 0.2) is 25.3 Å². The second kappa shape index (κ2) is 11.7. The number of thioether (sulfide) groups is 1. The Morgan fingerprint density at radius 2 is 1.92 bits per heavy atom. The van der Waals surface area contributed by atoms with Gasteiger partial charge in [0.25, 0.3) is 0 Å². The van der Waals surface area contributed by atoms with Crippen LogP contribution in [0.1, 0.15) is 80.1 Å². The van der Waals surface area contributed by atoms with Gasteiger partial charge in [-0.05, 0) is 64.7 Å². The minimum atomic E-state index is -0.748. The molecule has 2 unspecified atom stereocenters. The molecule has 3 rings (SSSR count). The van der Waals surface area contributed by atoms with Crippen LogP contribution >= 0.6 is 11.8 Å². The third-order valence-corrected chi connectivity index (χ3v) is 10.3. The number of fused-ring (bicyclic) bond motifs is 1. The van der Waals surface area contributed by atoms with Gasteiger partial charge in [-0.3, -0.25) is 14.4 Å². The maximum Gasteiger partial charge on any atom is 0.310 e. The molecule has 3 aliphatic rings. The number of ether oxygens (including phenoxy) is 1. The lowest BCUT2D eigenvalue weighted by atomic mass is 9.71. The Hall–Kier alpha value is -1.80. The van der Waals surface area contributed by atoms with E-state index >= 15 is 0 Å². The van der Waals surface area contributed by atoms with E-state index in [0.717, 1.165) is 32.1 Å². The Morgan fingerprint density at radius 1 is 1.24 bits per heavy atom. The minimum absolute atomic E-state index is 0.0192. The molecule has 2 amide bonds. The lowest BCUT2D eigenvalue weighted by molar-refractivity contribution is -0.154. The number of hydrogen-bond acceptors (Lipinski definition) is 6. The van der Waals surface area contributed by atoms with Crippen LogP contribution in [0.5, 0.6) is 0 Å². The van der Waals surface area contributed by atoms with Crippen molar-refractivity contribution in [3.8, 4) is 0 Å². The van der Waals surface area contributed by atoms with E-state index < -0.39 is 34.2 Å². The first-order chi connectivity index (χ1) is 17.8. The smallest absolute Gasteiger partial charge is 0.310 e. The van der Waals surface area contributed by atoms with Crippen molar-refractivity contribution in [1.29, 1.82) is 0 Å². The molecular weight excluding hydrogens is 500 g/mol. The highest BCUT2D eigenvalue weighted by Crippen LogP contribution is 2.67. The first-order valence-corrected chi connectivity index (χ1v) is 14.9. The Kier molecular flexibility index (Phi) is 9.50. The highest BCUT2D eigenvalue weighted by molar-refractivity contribution is 8.02. The van der Waals surface area contributed by atoms with Gasteiger partial charge in [-0.2, -0.15) is 0 Å². The summed E-state index contributed by atoms with van der Waals surface area (Å²) in [6.07, 6.45) is 8.32. The molecule has 0 saturated carbocycles. The molecule has 0 aromatic carbocycles. The van der Waals surface area contributed by atoms with Gasteiger partial charge in [-0.15, -0.1) is 24.9 Å². The fourth-order valence-electron chi connectivity index (χ4n) is 7.17. The van der Waals surface area contributed by atoms with Crippen LogP contribution in [-0.4, -0.2) is 80.1 Å². The third-order valence-electron chi connectivity index (χ3n) is 8.30. The fraction of sp³-hybridized carbons (Fsp3) is 0.767. The van der Waals surface area contributed by atoms with Gasteiger partial charge >= 0.3 is 5.97 Å². The van der Waals surface area contributed by atoms with Gasteiger partial charge in [-0.1, -0.05) is 32.9 Å². The maximum atomic E-state index is 14.6. The number of hydrogen-bond donors (Lipinski definition) is 1. The molecule has 214 valence electrons. The number of unbranched alkanes of at least 4 members (excludes halogenated alkanes) is 2. The van der Waals surface area contributed by atoms with Crippen molar-refractivity contribution in [2.24, 2.45) is 17.3 Å². The van der Waals surface area contributed by atoms with Crippen LogP contribution < -0.4 is 0 Å². The largest absolute Gasteiger partial charge is 0.465 e. The standard InChI is InChI=1S/C30H48N2O5S/c1-9-11-12-13-17-37-27(36)22-21-14-15-30(38-21)23(22)25(34)32(20(3)18-33)24(30)26(35)31(16-10-2)29(7,8)19-28(4,5)6/h9-10,20-24,33H,1-2,11-19H2,3-8H3/t20-,21-,22+,23+,24?,30?/m1/s1. The van der Waals surface area contributed by atoms with Gasteiger partial charge in [0.05, 0.1) is 35.8 Å². The van der Waals surface area contributed by atoms with Crippen molar-refractivity contribution in [3.63, 3.8) is 0 Å². The highest BCUT2D eigenvalue weighted by Gasteiger charge is 2.74. The Labute approximate surface area is 233 Å². The second-order valence-electron chi connectivity index (χ2n) is 13.1. The summed E-state index contributed by atoms with van der Waals surface area (Å²) in [5, 5.41) is 10.1. The number of carbonyl (C=O) groups excluding carboxylic acids is 3. The predicted molar refractivity (Wildman–Crippen MR) is 153 cm³/mol.